The van der Waals surface area contributed by atoms with Crippen LogP contribution in [0, 0.1) is 11.6 Å². The summed E-state index contributed by atoms with van der Waals surface area (Å²) in [4.78, 5) is 31.3. The summed E-state index contributed by atoms with van der Waals surface area (Å²) in [5.74, 6) is 0.370. The number of hydrogen-bond donors (Lipinski definition) is 2. The van der Waals surface area contributed by atoms with Gasteiger partial charge in [-0.3, -0.25) is 9.59 Å². The molecule has 0 radical (unpaired) electrons. The third-order valence-electron chi connectivity index (χ3n) is 6.20. The highest BCUT2D eigenvalue weighted by Gasteiger charge is 2.27. The van der Waals surface area contributed by atoms with E-state index in [9.17, 15) is 18.4 Å². The van der Waals surface area contributed by atoms with Crippen molar-refractivity contribution in [1.29, 1.82) is 0 Å². The minimum Gasteiger partial charge on any atom is -0.356 e. The second kappa shape index (κ2) is 11.8. The average molecular weight is 496 g/mol. The van der Waals surface area contributed by atoms with Crippen LogP contribution in [-0.4, -0.2) is 39.4 Å². The Bertz CT molecular complexity index is 1210. The molecule has 3 aromatic rings. The Balaban J connectivity index is 1.49. The predicted molar refractivity (Wildman–Crippen MR) is 134 cm³/mol. The van der Waals surface area contributed by atoms with Gasteiger partial charge in [0.1, 0.15) is 29.0 Å². The Labute approximate surface area is 209 Å². The Hall–Kier alpha value is -3.75. The first-order valence-corrected chi connectivity index (χ1v) is 12.4. The summed E-state index contributed by atoms with van der Waals surface area (Å²) in [6, 6.07) is 12.1. The van der Waals surface area contributed by atoms with Crippen molar-refractivity contribution < 1.29 is 18.4 Å². The number of imidazole rings is 1. The molecule has 0 bridgehead atoms. The maximum atomic E-state index is 14.0. The molecule has 2 aromatic carbocycles. The number of nitrogens with zero attached hydrogens (tertiary/aromatic N) is 3. The van der Waals surface area contributed by atoms with Crippen LogP contribution < -0.4 is 10.6 Å². The maximum absolute atomic E-state index is 14.0. The van der Waals surface area contributed by atoms with Gasteiger partial charge in [-0.15, -0.1) is 0 Å². The van der Waals surface area contributed by atoms with Crippen LogP contribution in [0.3, 0.4) is 0 Å². The van der Waals surface area contributed by atoms with E-state index in [-0.39, 0.29) is 42.8 Å². The number of amides is 2. The number of unbranched alkanes of at least 4 members (excludes halogenated alkanes) is 2. The fraction of sp³-hybridized carbons (Fsp3) is 0.370. The Morgan fingerprint density at radius 2 is 1.81 bits per heavy atom. The normalized spacial score (nSPS) is 12.8. The molecule has 0 aliphatic carbocycles. The summed E-state index contributed by atoms with van der Waals surface area (Å²) in [7, 11) is 0. The number of carbonyl (C=O) groups is 2. The topological polar surface area (TPSA) is 79.3 Å². The predicted octanol–water partition coefficient (Wildman–Crippen LogP) is 5.00. The van der Waals surface area contributed by atoms with Crippen molar-refractivity contribution in [3.63, 3.8) is 0 Å². The van der Waals surface area contributed by atoms with Gasteiger partial charge in [0.15, 0.2) is 0 Å². The van der Waals surface area contributed by atoms with Crippen molar-refractivity contribution in [1.82, 2.24) is 19.8 Å². The molecule has 0 saturated carbocycles. The van der Waals surface area contributed by atoms with Crippen molar-refractivity contribution in [3.8, 4) is 11.3 Å². The molecular formula is C27H31F2N5O2. The number of anilines is 2. The van der Waals surface area contributed by atoms with Crippen molar-refractivity contribution in [3.05, 3.63) is 66.0 Å². The molecule has 0 unspecified atom stereocenters. The standard InChI is InChI=1S/C27H31F2N5O2/c1-2-3-4-14-30-24(35)12-13-25(36)33-15-16-34-23(18-33)32-26(19-6-5-7-21(29)17-19)27(34)31-22-10-8-20(28)9-11-22/h5-11,17,31H,2-4,12-16,18H2,1H3,(H,30,35). The van der Waals surface area contributed by atoms with Gasteiger partial charge in [0.2, 0.25) is 11.8 Å². The SMILES string of the molecule is CCCCCNC(=O)CCC(=O)N1CCn2c(nc(-c3cccc(F)c3)c2Nc2ccc(F)cc2)C1. The smallest absolute Gasteiger partial charge is 0.223 e. The monoisotopic (exact) mass is 495 g/mol. The van der Waals surface area contributed by atoms with Crippen LogP contribution in [0.5, 0.6) is 0 Å². The lowest BCUT2D eigenvalue weighted by atomic mass is 10.1. The molecular weight excluding hydrogens is 464 g/mol. The number of aromatic nitrogens is 2. The molecule has 7 nitrogen and oxygen atoms in total. The Kier molecular flexibility index (Phi) is 8.30. The van der Waals surface area contributed by atoms with Crippen LogP contribution in [0.2, 0.25) is 0 Å². The average Bonchev–Trinajstić information content (AvgIpc) is 3.24. The lowest BCUT2D eigenvalue weighted by Gasteiger charge is -2.28. The van der Waals surface area contributed by atoms with Crippen LogP contribution in [0.25, 0.3) is 11.3 Å². The first-order valence-electron chi connectivity index (χ1n) is 12.4. The van der Waals surface area contributed by atoms with Gasteiger partial charge in [0.05, 0.1) is 6.54 Å². The molecule has 190 valence electrons. The minimum atomic E-state index is -0.379. The van der Waals surface area contributed by atoms with Crippen LogP contribution in [-0.2, 0) is 22.7 Å². The van der Waals surface area contributed by atoms with Crippen molar-refractivity contribution >= 4 is 23.3 Å². The molecule has 9 heteroatoms. The first-order chi connectivity index (χ1) is 17.4. The summed E-state index contributed by atoms with van der Waals surface area (Å²) in [6.07, 6.45) is 3.38. The third kappa shape index (κ3) is 6.27. The molecule has 1 aliphatic rings. The van der Waals surface area contributed by atoms with Crippen molar-refractivity contribution in [2.24, 2.45) is 0 Å². The van der Waals surface area contributed by atoms with Gasteiger partial charge in [0.25, 0.3) is 0 Å². The molecule has 0 atom stereocenters. The van der Waals surface area contributed by atoms with E-state index >= 15 is 0 Å². The van der Waals surface area contributed by atoms with E-state index in [1.54, 1.807) is 29.2 Å². The zero-order valence-corrected chi connectivity index (χ0v) is 20.4. The van der Waals surface area contributed by atoms with E-state index in [0.717, 1.165) is 19.3 Å². The minimum absolute atomic E-state index is 0.103. The summed E-state index contributed by atoms with van der Waals surface area (Å²) in [6.45, 7) is 3.96. The first kappa shape index (κ1) is 25.3. The van der Waals surface area contributed by atoms with E-state index in [1.807, 2.05) is 4.57 Å². The number of benzene rings is 2. The fourth-order valence-electron chi connectivity index (χ4n) is 4.25. The van der Waals surface area contributed by atoms with Gasteiger partial charge in [0, 0.05) is 43.7 Å². The highest BCUT2D eigenvalue weighted by atomic mass is 19.1. The van der Waals surface area contributed by atoms with Crippen molar-refractivity contribution in [2.45, 2.75) is 52.1 Å². The molecule has 0 saturated heterocycles. The van der Waals surface area contributed by atoms with Gasteiger partial charge < -0.3 is 20.1 Å². The summed E-state index contributed by atoms with van der Waals surface area (Å²) in [5.41, 5.74) is 1.81. The van der Waals surface area contributed by atoms with Gasteiger partial charge in [-0.25, -0.2) is 13.8 Å². The molecule has 2 amide bonds. The number of carbonyl (C=O) groups excluding carboxylic acids is 2. The highest BCUT2D eigenvalue weighted by Crippen LogP contribution is 2.33. The fourth-order valence-corrected chi connectivity index (χ4v) is 4.25. The number of halogens is 2. The van der Waals surface area contributed by atoms with Crippen LogP contribution >= 0.6 is 0 Å². The molecule has 0 fully saturated rings. The van der Waals surface area contributed by atoms with Crippen LogP contribution in [0.4, 0.5) is 20.3 Å². The summed E-state index contributed by atoms with van der Waals surface area (Å²) < 4.78 is 29.4. The van der Waals surface area contributed by atoms with E-state index < -0.39 is 0 Å². The third-order valence-corrected chi connectivity index (χ3v) is 6.20. The molecule has 0 spiro atoms. The molecule has 2 heterocycles. The Morgan fingerprint density at radius 1 is 1.00 bits per heavy atom. The number of rotatable bonds is 10. The zero-order chi connectivity index (χ0) is 25.5. The molecule has 2 N–H and O–H groups in total. The largest absolute Gasteiger partial charge is 0.356 e. The lowest BCUT2D eigenvalue weighted by Crippen LogP contribution is -2.39. The zero-order valence-electron chi connectivity index (χ0n) is 20.4. The van der Waals surface area contributed by atoms with Gasteiger partial charge in [-0.1, -0.05) is 31.9 Å². The summed E-state index contributed by atoms with van der Waals surface area (Å²) >= 11 is 0. The van der Waals surface area contributed by atoms with Crippen LogP contribution in [0.15, 0.2) is 48.5 Å². The van der Waals surface area contributed by atoms with E-state index in [1.165, 1.54) is 24.3 Å². The molecule has 36 heavy (non-hydrogen) atoms. The second-order valence-corrected chi connectivity index (χ2v) is 8.89. The van der Waals surface area contributed by atoms with E-state index in [0.29, 0.717) is 48.2 Å². The molecule has 1 aliphatic heterocycles. The number of fused-ring (bicyclic) bond motifs is 1. The molecule has 4 rings (SSSR count). The lowest BCUT2D eigenvalue weighted by molar-refractivity contribution is -0.134. The van der Waals surface area contributed by atoms with E-state index in [2.05, 4.69) is 17.6 Å². The summed E-state index contributed by atoms with van der Waals surface area (Å²) in [5, 5.41) is 6.16. The highest BCUT2D eigenvalue weighted by molar-refractivity contribution is 5.84. The maximum Gasteiger partial charge on any atom is 0.223 e. The number of nitrogens with one attached hydrogen (secondary N) is 2. The number of hydrogen-bond acceptors (Lipinski definition) is 4. The van der Waals surface area contributed by atoms with Gasteiger partial charge >= 0.3 is 0 Å². The second-order valence-electron chi connectivity index (χ2n) is 8.89. The molecule has 1 aromatic heterocycles. The van der Waals surface area contributed by atoms with Crippen molar-refractivity contribution in [2.75, 3.05) is 18.4 Å². The van der Waals surface area contributed by atoms with E-state index in [4.69, 9.17) is 4.98 Å². The Morgan fingerprint density at radius 3 is 2.56 bits per heavy atom. The van der Waals surface area contributed by atoms with Gasteiger partial charge in [-0.2, -0.15) is 0 Å². The quantitative estimate of drug-likeness (QED) is 0.388. The van der Waals surface area contributed by atoms with Crippen LogP contribution in [0.1, 0.15) is 44.9 Å². The van der Waals surface area contributed by atoms with Gasteiger partial charge in [-0.05, 0) is 42.8 Å².